The molecule has 0 heterocycles. The maximum Gasteiger partial charge on any atom is 0.160 e. The number of nitrogens with zero attached hydrogens (tertiary/aromatic N) is 1. The quantitative estimate of drug-likeness (QED) is 0.360. The summed E-state index contributed by atoms with van der Waals surface area (Å²) in [6.07, 6.45) is 4.33. The first-order chi connectivity index (χ1) is 12.8. The fraction of sp³-hybridized carbons (Fsp3) is 0.250. The van der Waals surface area contributed by atoms with Crippen molar-refractivity contribution in [3.8, 4) is 23.0 Å². The Morgan fingerprint density at radius 3 is 2.33 bits per heavy atom. The van der Waals surface area contributed by atoms with E-state index in [4.69, 9.17) is 17.0 Å². The molecule has 3 N–H and O–H groups in total. The van der Waals surface area contributed by atoms with Crippen LogP contribution in [0.4, 0.5) is 0 Å². The zero-order chi connectivity index (χ0) is 19.8. The normalized spacial score (nSPS) is 10.9. The number of thioether (sulfide) groups is 1. The molecule has 0 radical (unpaired) electrons. The Morgan fingerprint density at radius 2 is 1.70 bits per heavy atom. The van der Waals surface area contributed by atoms with Gasteiger partial charge in [0.2, 0.25) is 0 Å². The number of rotatable bonds is 7. The largest absolute Gasteiger partial charge is 0.508 e. The molecule has 5 nitrogen and oxygen atoms in total. The molecule has 2 aromatic rings. The number of phenolic OH excluding ortho intramolecular Hbond substituents is 3. The second-order valence-corrected chi connectivity index (χ2v) is 7.78. The summed E-state index contributed by atoms with van der Waals surface area (Å²) in [6.45, 7) is 0.494. The molecule has 0 aromatic heterocycles. The number of hydrogen-bond acceptors (Lipinski definition) is 6. The second-order valence-electron chi connectivity index (χ2n) is 6.05. The van der Waals surface area contributed by atoms with Crippen LogP contribution in [-0.2, 0) is 0 Å². The van der Waals surface area contributed by atoms with E-state index in [1.807, 2.05) is 25.1 Å². The van der Waals surface area contributed by atoms with Crippen LogP contribution in [0.3, 0.4) is 0 Å². The first kappa shape index (κ1) is 20.9. The molecule has 0 spiro atoms. The van der Waals surface area contributed by atoms with Crippen LogP contribution < -0.4 is 4.74 Å². The minimum absolute atomic E-state index is 0.00856. The van der Waals surface area contributed by atoms with E-state index in [1.165, 1.54) is 18.2 Å². The summed E-state index contributed by atoms with van der Waals surface area (Å²) in [5.74, 6) is 1.33. The Hall–Kier alpha value is -2.38. The minimum atomic E-state index is -0.00856. The maximum atomic E-state index is 10.1. The first-order valence-electron chi connectivity index (χ1n) is 8.36. The molecule has 0 aliphatic carbocycles. The van der Waals surface area contributed by atoms with Gasteiger partial charge in [0.15, 0.2) is 11.5 Å². The van der Waals surface area contributed by atoms with Gasteiger partial charge in [-0.15, -0.1) is 0 Å². The highest BCUT2D eigenvalue weighted by molar-refractivity contribution is 8.22. The highest BCUT2D eigenvalue weighted by Crippen LogP contribution is 2.28. The summed E-state index contributed by atoms with van der Waals surface area (Å²) in [5, 5.41) is 29.1. The molecule has 2 aromatic carbocycles. The third-order valence-corrected chi connectivity index (χ3v) is 5.34. The van der Waals surface area contributed by atoms with E-state index in [1.54, 1.807) is 36.0 Å². The zero-order valence-corrected chi connectivity index (χ0v) is 16.9. The van der Waals surface area contributed by atoms with Gasteiger partial charge in [0.25, 0.3) is 0 Å². The van der Waals surface area contributed by atoms with Crippen molar-refractivity contribution in [2.75, 3.05) is 26.5 Å². The summed E-state index contributed by atoms with van der Waals surface area (Å²) in [4.78, 5) is 1.90. The zero-order valence-electron chi connectivity index (χ0n) is 15.3. The fourth-order valence-corrected chi connectivity index (χ4v) is 3.14. The van der Waals surface area contributed by atoms with Gasteiger partial charge in [-0.3, -0.25) is 0 Å². The molecule has 0 amide bonds. The van der Waals surface area contributed by atoms with Gasteiger partial charge in [0, 0.05) is 25.9 Å². The molecule has 0 unspecified atom stereocenters. The molecule has 2 rings (SSSR count). The third-order valence-electron chi connectivity index (χ3n) is 3.51. The van der Waals surface area contributed by atoms with Gasteiger partial charge in [0.1, 0.15) is 15.8 Å². The summed E-state index contributed by atoms with van der Waals surface area (Å²) in [5.41, 5.74) is 1.43. The predicted octanol–water partition coefficient (Wildman–Crippen LogP) is 4.32. The van der Waals surface area contributed by atoms with Gasteiger partial charge in [-0.25, -0.2) is 0 Å². The molecule has 7 heteroatoms. The van der Waals surface area contributed by atoms with Crippen molar-refractivity contribution < 1.29 is 20.1 Å². The van der Waals surface area contributed by atoms with Crippen molar-refractivity contribution in [1.82, 2.24) is 4.90 Å². The first-order valence-corrected chi connectivity index (χ1v) is 9.75. The SMILES string of the molecule is CN(C)C(=S)SCCCOc1ccc(/C=C/c2cc(O)cc(O)c2)cc1O. The number of benzene rings is 2. The number of thiocarbonyl (C=S) groups is 1. The summed E-state index contributed by atoms with van der Waals surface area (Å²) >= 11 is 6.81. The average molecular weight is 406 g/mol. The molecule has 0 aliphatic rings. The van der Waals surface area contributed by atoms with Crippen LogP contribution in [0.2, 0.25) is 0 Å². The monoisotopic (exact) mass is 405 g/mol. The molecule has 0 aliphatic heterocycles. The fourth-order valence-electron chi connectivity index (χ4n) is 2.20. The lowest BCUT2D eigenvalue weighted by molar-refractivity contribution is 0.300. The van der Waals surface area contributed by atoms with E-state index in [-0.39, 0.29) is 17.2 Å². The molecule has 27 heavy (non-hydrogen) atoms. The Morgan fingerprint density at radius 1 is 1.04 bits per heavy atom. The van der Waals surface area contributed by atoms with E-state index < -0.39 is 0 Å². The van der Waals surface area contributed by atoms with E-state index in [0.717, 1.165) is 22.1 Å². The minimum Gasteiger partial charge on any atom is -0.508 e. The lowest BCUT2D eigenvalue weighted by Crippen LogP contribution is -2.16. The molecule has 0 saturated heterocycles. The van der Waals surface area contributed by atoms with Crippen molar-refractivity contribution in [3.63, 3.8) is 0 Å². The highest BCUT2D eigenvalue weighted by atomic mass is 32.2. The number of ether oxygens (including phenoxy) is 1. The predicted molar refractivity (Wildman–Crippen MR) is 116 cm³/mol. The van der Waals surface area contributed by atoms with E-state index in [9.17, 15) is 15.3 Å². The number of aromatic hydroxyl groups is 3. The van der Waals surface area contributed by atoms with Crippen molar-refractivity contribution in [3.05, 3.63) is 47.5 Å². The van der Waals surface area contributed by atoms with Crippen molar-refractivity contribution in [1.29, 1.82) is 0 Å². The van der Waals surface area contributed by atoms with Gasteiger partial charge in [-0.05, 0) is 41.8 Å². The van der Waals surface area contributed by atoms with Crippen LogP contribution in [0.1, 0.15) is 17.5 Å². The van der Waals surface area contributed by atoms with Gasteiger partial charge >= 0.3 is 0 Å². The van der Waals surface area contributed by atoms with Crippen molar-refractivity contribution >= 4 is 40.5 Å². The van der Waals surface area contributed by atoms with Crippen LogP contribution in [0, 0.1) is 0 Å². The van der Waals surface area contributed by atoms with Gasteiger partial charge < -0.3 is 25.0 Å². The molecular formula is C20H23NO4S2. The highest BCUT2D eigenvalue weighted by Gasteiger charge is 2.04. The van der Waals surface area contributed by atoms with Crippen molar-refractivity contribution in [2.45, 2.75) is 6.42 Å². The van der Waals surface area contributed by atoms with Crippen LogP contribution in [0.25, 0.3) is 12.2 Å². The molecule has 0 saturated carbocycles. The van der Waals surface area contributed by atoms with E-state index in [0.29, 0.717) is 17.9 Å². The third kappa shape index (κ3) is 7.03. The van der Waals surface area contributed by atoms with Crippen LogP contribution in [0.5, 0.6) is 23.0 Å². The summed E-state index contributed by atoms with van der Waals surface area (Å²) in [6, 6.07) is 9.48. The summed E-state index contributed by atoms with van der Waals surface area (Å²) in [7, 11) is 3.84. The Kier molecular flexibility index (Phi) is 7.82. The Bertz CT molecular complexity index is 801. The molecule has 0 atom stereocenters. The van der Waals surface area contributed by atoms with Gasteiger partial charge in [-0.1, -0.05) is 42.2 Å². The second kappa shape index (κ2) is 10.1. The van der Waals surface area contributed by atoms with E-state index in [2.05, 4.69) is 0 Å². The maximum absolute atomic E-state index is 10.1. The average Bonchev–Trinajstić information content (AvgIpc) is 2.60. The summed E-state index contributed by atoms with van der Waals surface area (Å²) < 4.78 is 6.46. The lowest BCUT2D eigenvalue weighted by Gasteiger charge is -2.13. The van der Waals surface area contributed by atoms with Crippen LogP contribution >= 0.6 is 24.0 Å². The number of hydrogen-bond donors (Lipinski definition) is 3. The smallest absolute Gasteiger partial charge is 0.160 e. The number of phenols is 3. The molecule has 0 fully saturated rings. The van der Waals surface area contributed by atoms with E-state index >= 15 is 0 Å². The molecule has 0 bridgehead atoms. The van der Waals surface area contributed by atoms with Crippen molar-refractivity contribution in [2.24, 2.45) is 0 Å². The molecule has 144 valence electrons. The standard InChI is InChI=1S/C20H23NO4S2/c1-21(2)20(26)27-9-3-8-25-19-7-6-14(12-18(19)24)4-5-15-10-16(22)13-17(23)11-15/h4-7,10-13,22-24H,3,8-9H2,1-2H3/b5-4+. The topological polar surface area (TPSA) is 73.2 Å². The van der Waals surface area contributed by atoms with Gasteiger partial charge in [-0.2, -0.15) is 0 Å². The lowest BCUT2D eigenvalue weighted by atomic mass is 10.1. The van der Waals surface area contributed by atoms with Crippen LogP contribution in [-0.4, -0.2) is 51.0 Å². The van der Waals surface area contributed by atoms with Crippen LogP contribution in [0.15, 0.2) is 36.4 Å². The van der Waals surface area contributed by atoms with Gasteiger partial charge in [0.05, 0.1) is 6.61 Å². The molecular weight excluding hydrogens is 382 g/mol. The Balaban J connectivity index is 1.87. The Labute approximate surface area is 168 Å².